The fourth-order valence-electron chi connectivity index (χ4n) is 3.77. The van der Waals surface area contributed by atoms with Crippen molar-refractivity contribution in [1.29, 1.82) is 0 Å². The van der Waals surface area contributed by atoms with Crippen molar-refractivity contribution in [2.45, 2.75) is 6.54 Å². The number of aromatic amines is 1. The second kappa shape index (κ2) is 9.03. The van der Waals surface area contributed by atoms with Crippen molar-refractivity contribution >= 4 is 16.7 Å². The van der Waals surface area contributed by atoms with Gasteiger partial charge in [0, 0.05) is 51.2 Å². The molecule has 0 bridgehead atoms. The number of amides is 1. The highest BCUT2D eigenvalue weighted by Gasteiger charge is 2.17. The third-order valence-electron chi connectivity index (χ3n) is 5.43. The summed E-state index contributed by atoms with van der Waals surface area (Å²) in [5.41, 5.74) is 1.42. The Balaban J connectivity index is 1.24. The lowest BCUT2D eigenvalue weighted by molar-refractivity contribution is 0.0929. The second-order valence-electron chi connectivity index (χ2n) is 7.46. The topological polar surface area (TPSA) is 68.4 Å². The summed E-state index contributed by atoms with van der Waals surface area (Å²) in [6.45, 7) is 6.41. The largest absolute Gasteiger partial charge is 0.349 e. The van der Waals surface area contributed by atoms with Crippen LogP contribution < -0.4 is 10.9 Å². The minimum absolute atomic E-state index is 0.234. The number of nitrogens with one attached hydrogen (secondary N) is 2. The molecular weight excluding hydrogens is 364 g/mol. The fourth-order valence-corrected chi connectivity index (χ4v) is 3.77. The van der Waals surface area contributed by atoms with Crippen LogP contribution in [0.3, 0.4) is 0 Å². The summed E-state index contributed by atoms with van der Waals surface area (Å²) in [7, 11) is 0. The zero-order valence-corrected chi connectivity index (χ0v) is 16.4. The number of hydrogen-bond donors (Lipinski definition) is 2. The molecule has 6 nitrogen and oxygen atoms in total. The summed E-state index contributed by atoms with van der Waals surface area (Å²) >= 11 is 0. The first-order chi connectivity index (χ1) is 14.2. The van der Waals surface area contributed by atoms with Crippen LogP contribution in [0.1, 0.15) is 16.1 Å². The van der Waals surface area contributed by atoms with Gasteiger partial charge in [-0.1, -0.05) is 48.5 Å². The molecule has 2 N–H and O–H groups in total. The molecule has 1 saturated heterocycles. The minimum atomic E-state index is -0.240. The minimum Gasteiger partial charge on any atom is -0.349 e. The number of rotatable bonds is 6. The number of nitrogens with zero attached hydrogens (tertiary/aromatic N) is 2. The quantitative estimate of drug-likeness (QED) is 0.676. The molecule has 0 radical (unpaired) electrons. The standard InChI is InChI=1S/C23H26N4O2/c28-22-20-9-5-4-8-19(20)16-21(25-22)23(29)24-10-11-26-12-14-27(15-13-26)17-18-6-2-1-3-7-18/h1-9,16H,10-15,17H2,(H,24,29)(H,25,28). The van der Waals surface area contributed by atoms with E-state index >= 15 is 0 Å². The summed E-state index contributed by atoms with van der Waals surface area (Å²) in [6, 6.07) is 19.5. The van der Waals surface area contributed by atoms with E-state index in [9.17, 15) is 9.59 Å². The normalized spacial score (nSPS) is 15.4. The first-order valence-corrected chi connectivity index (χ1v) is 10.1. The highest BCUT2D eigenvalue weighted by molar-refractivity contribution is 5.96. The highest BCUT2D eigenvalue weighted by Crippen LogP contribution is 2.10. The number of hydrogen-bond acceptors (Lipinski definition) is 4. The summed E-state index contributed by atoms with van der Waals surface area (Å²) < 4.78 is 0. The van der Waals surface area contributed by atoms with Crippen molar-refractivity contribution in [1.82, 2.24) is 20.1 Å². The van der Waals surface area contributed by atoms with E-state index in [0.717, 1.165) is 44.7 Å². The van der Waals surface area contributed by atoms with Crippen molar-refractivity contribution in [3.63, 3.8) is 0 Å². The van der Waals surface area contributed by atoms with Crippen LogP contribution in [-0.4, -0.2) is 60.0 Å². The summed E-state index contributed by atoms with van der Waals surface area (Å²) in [6.07, 6.45) is 0. The van der Waals surface area contributed by atoms with Crippen LogP contribution in [0.4, 0.5) is 0 Å². The predicted octanol–water partition coefficient (Wildman–Crippen LogP) is 2.08. The van der Waals surface area contributed by atoms with E-state index in [1.165, 1.54) is 5.56 Å². The van der Waals surface area contributed by atoms with E-state index in [4.69, 9.17) is 0 Å². The van der Waals surface area contributed by atoms with Gasteiger partial charge < -0.3 is 10.3 Å². The molecule has 0 aliphatic carbocycles. The molecule has 1 aromatic heterocycles. The molecule has 2 aromatic carbocycles. The monoisotopic (exact) mass is 390 g/mol. The van der Waals surface area contributed by atoms with Crippen LogP contribution in [0.25, 0.3) is 10.8 Å². The molecule has 3 aromatic rings. The first-order valence-electron chi connectivity index (χ1n) is 10.1. The molecule has 1 aliphatic heterocycles. The first kappa shape index (κ1) is 19.4. The number of aromatic nitrogens is 1. The van der Waals surface area contributed by atoms with Gasteiger partial charge in [-0.05, 0) is 23.1 Å². The van der Waals surface area contributed by atoms with Crippen LogP contribution >= 0.6 is 0 Å². The van der Waals surface area contributed by atoms with Crippen LogP contribution in [0.5, 0.6) is 0 Å². The van der Waals surface area contributed by atoms with Gasteiger partial charge in [0.2, 0.25) is 0 Å². The SMILES string of the molecule is O=C(NCCN1CCN(Cc2ccccc2)CC1)c1cc2ccccc2c(=O)[nH]1. The molecule has 0 saturated carbocycles. The number of pyridine rings is 1. The van der Waals surface area contributed by atoms with E-state index in [2.05, 4.69) is 44.4 Å². The molecule has 1 fully saturated rings. The van der Waals surface area contributed by atoms with Crippen LogP contribution in [-0.2, 0) is 6.54 Å². The molecular formula is C23H26N4O2. The molecule has 1 amide bonds. The number of fused-ring (bicyclic) bond motifs is 1. The Kier molecular flexibility index (Phi) is 6.03. The third kappa shape index (κ3) is 4.91. The van der Waals surface area contributed by atoms with Gasteiger partial charge in [0.1, 0.15) is 5.69 Å². The van der Waals surface area contributed by atoms with Crippen molar-refractivity contribution < 1.29 is 4.79 Å². The third-order valence-corrected chi connectivity index (χ3v) is 5.43. The molecule has 0 spiro atoms. The van der Waals surface area contributed by atoms with Gasteiger partial charge in [-0.25, -0.2) is 0 Å². The molecule has 2 heterocycles. The van der Waals surface area contributed by atoms with Crippen LogP contribution in [0.15, 0.2) is 65.5 Å². The number of benzene rings is 2. The van der Waals surface area contributed by atoms with E-state index < -0.39 is 0 Å². The average molecular weight is 390 g/mol. The Hall–Kier alpha value is -2.96. The lowest BCUT2D eigenvalue weighted by Gasteiger charge is -2.34. The molecule has 0 unspecified atom stereocenters. The Morgan fingerprint density at radius 3 is 2.41 bits per heavy atom. The van der Waals surface area contributed by atoms with Gasteiger partial charge in [0.25, 0.3) is 11.5 Å². The second-order valence-corrected chi connectivity index (χ2v) is 7.46. The predicted molar refractivity (Wildman–Crippen MR) is 115 cm³/mol. The molecule has 0 atom stereocenters. The molecule has 1 aliphatic rings. The molecule has 29 heavy (non-hydrogen) atoms. The zero-order valence-electron chi connectivity index (χ0n) is 16.4. The average Bonchev–Trinajstić information content (AvgIpc) is 2.75. The lowest BCUT2D eigenvalue weighted by atomic mass is 10.1. The van der Waals surface area contributed by atoms with Gasteiger partial charge in [0.05, 0.1) is 0 Å². The summed E-state index contributed by atoms with van der Waals surface area (Å²) in [5.74, 6) is -0.240. The van der Waals surface area contributed by atoms with Crippen LogP contribution in [0.2, 0.25) is 0 Å². The summed E-state index contributed by atoms with van der Waals surface area (Å²) in [4.78, 5) is 32.1. The van der Waals surface area contributed by atoms with Crippen LogP contribution in [0, 0.1) is 0 Å². The van der Waals surface area contributed by atoms with Gasteiger partial charge in [-0.2, -0.15) is 0 Å². The van der Waals surface area contributed by atoms with Gasteiger partial charge >= 0.3 is 0 Å². The van der Waals surface area contributed by atoms with Gasteiger partial charge in [-0.3, -0.25) is 19.4 Å². The smallest absolute Gasteiger partial charge is 0.267 e. The van der Waals surface area contributed by atoms with E-state index in [0.29, 0.717) is 17.6 Å². The van der Waals surface area contributed by atoms with Crippen molar-refractivity contribution in [2.24, 2.45) is 0 Å². The number of carbonyl (C=O) groups excluding carboxylic acids is 1. The van der Waals surface area contributed by atoms with E-state index in [1.54, 1.807) is 12.1 Å². The van der Waals surface area contributed by atoms with Crippen molar-refractivity contribution in [2.75, 3.05) is 39.3 Å². The maximum absolute atomic E-state index is 12.4. The van der Waals surface area contributed by atoms with E-state index in [1.807, 2.05) is 24.3 Å². The number of carbonyl (C=O) groups is 1. The van der Waals surface area contributed by atoms with Crippen molar-refractivity contribution in [3.8, 4) is 0 Å². The molecule has 150 valence electrons. The lowest BCUT2D eigenvalue weighted by Crippen LogP contribution is -2.48. The van der Waals surface area contributed by atoms with Gasteiger partial charge in [0.15, 0.2) is 0 Å². The maximum atomic E-state index is 12.4. The molecule has 4 rings (SSSR count). The van der Waals surface area contributed by atoms with Crippen molar-refractivity contribution in [3.05, 3.63) is 82.3 Å². The Morgan fingerprint density at radius 1 is 0.931 bits per heavy atom. The highest BCUT2D eigenvalue weighted by atomic mass is 16.2. The fraction of sp³-hybridized carbons (Fsp3) is 0.304. The Labute approximate surface area is 170 Å². The Bertz CT molecular complexity index is 1020. The molecule has 6 heteroatoms. The number of piperazine rings is 1. The summed E-state index contributed by atoms with van der Waals surface area (Å²) in [5, 5.41) is 4.29. The van der Waals surface area contributed by atoms with E-state index in [-0.39, 0.29) is 11.5 Å². The Morgan fingerprint density at radius 2 is 1.62 bits per heavy atom. The number of H-pyrrole nitrogens is 1. The van der Waals surface area contributed by atoms with Gasteiger partial charge in [-0.15, -0.1) is 0 Å². The maximum Gasteiger partial charge on any atom is 0.267 e. The zero-order chi connectivity index (χ0) is 20.1.